The van der Waals surface area contributed by atoms with Crippen LogP contribution in [0, 0.1) is 17.8 Å². The third-order valence-electron chi connectivity index (χ3n) is 5.13. The summed E-state index contributed by atoms with van der Waals surface area (Å²) in [6.45, 7) is 10.7. The Bertz CT molecular complexity index is 403. The first kappa shape index (κ1) is 26.1. The van der Waals surface area contributed by atoms with Crippen LogP contribution >= 0.6 is 0 Å². The van der Waals surface area contributed by atoms with Crippen LogP contribution in [0.2, 0.25) is 0 Å². The molecule has 0 aromatic rings. The molecule has 0 aliphatic heterocycles. The highest BCUT2D eigenvalue weighted by molar-refractivity contribution is 5.82. The fraction of sp³-hybridized carbons (Fsp3) is 0.870. The first-order valence-corrected chi connectivity index (χ1v) is 10.9. The lowest BCUT2D eigenvalue weighted by Gasteiger charge is -2.15. The van der Waals surface area contributed by atoms with E-state index in [9.17, 15) is 4.79 Å². The monoisotopic (exact) mass is 384 g/mol. The van der Waals surface area contributed by atoms with Gasteiger partial charge in [-0.05, 0) is 37.5 Å². The van der Waals surface area contributed by atoms with Crippen molar-refractivity contribution in [1.82, 2.24) is 0 Å². The van der Waals surface area contributed by atoms with E-state index in [0.29, 0.717) is 0 Å². The van der Waals surface area contributed by atoms with E-state index in [1.165, 1.54) is 51.0 Å². The van der Waals surface area contributed by atoms with E-state index >= 15 is 0 Å². The molecule has 0 radical (unpaired) electrons. The van der Waals surface area contributed by atoms with Gasteiger partial charge < -0.3 is 14.9 Å². The van der Waals surface area contributed by atoms with E-state index in [2.05, 4.69) is 27.7 Å². The second kappa shape index (κ2) is 16.1. The van der Waals surface area contributed by atoms with Crippen molar-refractivity contribution in [2.75, 3.05) is 13.2 Å². The summed E-state index contributed by atoms with van der Waals surface area (Å²) in [7, 11) is 0. The number of aliphatic hydroxyl groups is 2. The molecule has 0 aromatic heterocycles. The summed E-state index contributed by atoms with van der Waals surface area (Å²) in [6, 6.07) is 0. The number of aliphatic hydroxyl groups excluding tert-OH is 2. The van der Waals surface area contributed by atoms with Crippen LogP contribution in [0.5, 0.6) is 0 Å². The van der Waals surface area contributed by atoms with E-state index in [1.54, 1.807) is 0 Å². The molecule has 0 bridgehead atoms. The molecule has 3 atom stereocenters. The molecule has 0 aliphatic carbocycles. The van der Waals surface area contributed by atoms with E-state index in [-0.39, 0.29) is 6.61 Å². The molecule has 160 valence electrons. The van der Waals surface area contributed by atoms with Crippen molar-refractivity contribution in [1.29, 1.82) is 0 Å². The highest BCUT2D eigenvalue weighted by atomic mass is 16.5. The summed E-state index contributed by atoms with van der Waals surface area (Å²) >= 11 is 0. The molecular weight excluding hydrogens is 340 g/mol. The van der Waals surface area contributed by atoms with Crippen LogP contribution in [-0.2, 0) is 9.53 Å². The van der Waals surface area contributed by atoms with Crippen LogP contribution in [0.3, 0.4) is 0 Å². The highest BCUT2D eigenvalue weighted by Gasteiger charge is 2.08. The Kier molecular flexibility index (Phi) is 15.6. The van der Waals surface area contributed by atoms with Crippen molar-refractivity contribution in [2.24, 2.45) is 17.8 Å². The summed E-state index contributed by atoms with van der Waals surface area (Å²) in [5.74, 6) is 1.95. The van der Waals surface area contributed by atoms with Crippen molar-refractivity contribution in [3.8, 4) is 0 Å². The van der Waals surface area contributed by atoms with Gasteiger partial charge in [-0.3, -0.25) is 0 Å². The van der Waals surface area contributed by atoms with Gasteiger partial charge in [0.2, 0.25) is 0 Å². The normalized spacial score (nSPS) is 15.6. The zero-order chi connectivity index (χ0) is 20.7. The van der Waals surface area contributed by atoms with E-state index in [4.69, 9.17) is 14.9 Å². The van der Waals surface area contributed by atoms with Gasteiger partial charge in [0.25, 0.3) is 0 Å². The van der Waals surface area contributed by atoms with Gasteiger partial charge in [0.1, 0.15) is 12.7 Å². The van der Waals surface area contributed by atoms with Crippen LogP contribution in [0.4, 0.5) is 0 Å². The second-order valence-corrected chi connectivity index (χ2v) is 8.82. The average Bonchev–Trinajstić information content (AvgIpc) is 2.59. The molecule has 4 nitrogen and oxygen atoms in total. The summed E-state index contributed by atoms with van der Waals surface area (Å²) in [4.78, 5) is 11.6. The number of allylic oxidation sites excluding steroid dienone is 1. The Hall–Kier alpha value is -0.870. The number of carbonyl (C=O) groups is 1. The smallest absolute Gasteiger partial charge is 0.330 e. The third-order valence-corrected chi connectivity index (χ3v) is 5.13. The molecule has 0 saturated heterocycles. The number of carbonyl (C=O) groups excluding carboxylic acids is 1. The topological polar surface area (TPSA) is 66.8 Å². The SMILES string of the molecule is CC(=CC(=O)OCC(O)CO)CCCC(C)CCCC(C)CCCC(C)C. The minimum atomic E-state index is -0.999. The average molecular weight is 385 g/mol. The zero-order valence-electron chi connectivity index (χ0n) is 18.4. The number of rotatable bonds is 16. The highest BCUT2D eigenvalue weighted by Crippen LogP contribution is 2.22. The fourth-order valence-corrected chi connectivity index (χ4v) is 3.25. The molecule has 0 spiro atoms. The maximum Gasteiger partial charge on any atom is 0.330 e. The molecular formula is C23H44O4. The van der Waals surface area contributed by atoms with Crippen molar-refractivity contribution < 1.29 is 19.7 Å². The Labute approximate surface area is 167 Å². The molecule has 0 rings (SSSR count). The summed E-state index contributed by atoms with van der Waals surface area (Å²) in [5.41, 5.74) is 1.00. The maximum atomic E-state index is 11.6. The molecule has 0 aliphatic rings. The predicted molar refractivity (Wildman–Crippen MR) is 113 cm³/mol. The lowest BCUT2D eigenvalue weighted by Crippen LogP contribution is -2.21. The van der Waals surface area contributed by atoms with Crippen LogP contribution in [0.15, 0.2) is 11.6 Å². The molecule has 0 amide bonds. The summed E-state index contributed by atoms with van der Waals surface area (Å²) < 4.78 is 4.88. The molecule has 0 heterocycles. The maximum absolute atomic E-state index is 11.6. The number of esters is 1. The lowest BCUT2D eigenvalue weighted by molar-refractivity contribution is -0.141. The van der Waals surface area contributed by atoms with Gasteiger partial charge in [0.05, 0.1) is 6.61 Å². The molecule has 2 N–H and O–H groups in total. The first-order valence-electron chi connectivity index (χ1n) is 10.9. The van der Waals surface area contributed by atoms with Crippen molar-refractivity contribution in [2.45, 2.75) is 98.5 Å². The van der Waals surface area contributed by atoms with Crippen molar-refractivity contribution in [3.63, 3.8) is 0 Å². The lowest BCUT2D eigenvalue weighted by atomic mass is 9.91. The van der Waals surface area contributed by atoms with E-state index in [1.807, 2.05) is 6.92 Å². The van der Waals surface area contributed by atoms with Crippen LogP contribution < -0.4 is 0 Å². The van der Waals surface area contributed by atoms with Crippen LogP contribution in [-0.4, -0.2) is 35.5 Å². The van der Waals surface area contributed by atoms with Gasteiger partial charge >= 0.3 is 5.97 Å². The standard InChI is InChI=1S/C23H44O4/c1-18(2)9-6-10-19(3)11-7-12-20(4)13-8-14-21(5)15-23(26)27-17-22(25)16-24/h15,18-20,22,24-25H,6-14,16-17H2,1-5H3. The largest absolute Gasteiger partial charge is 0.460 e. The number of hydrogen-bond donors (Lipinski definition) is 2. The van der Waals surface area contributed by atoms with Gasteiger partial charge in [-0.1, -0.05) is 78.2 Å². The minimum absolute atomic E-state index is 0.161. The molecule has 0 fully saturated rings. The van der Waals surface area contributed by atoms with Gasteiger partial charge in [0, 0.05) is 6.08 Å². The number of hydrogen-bond acceptors (Lipinski definition) is 4. The number of ether oxygens (including phenoxy) is 1. The first-order chi connectivity index (χ1) is 12.7. The van der Waals surface area contributed by atoms with Gasteiger partial charge in [0.15, 0.2) is 0 Å². The minimum Gasteiger partial charge on any atom is -0.460 e. The fourth-order valence-electron chi connectivity index (χ4n) is 3.25. The molecule has 4 heteroatoms. The third kappa shape index (κ3) is 17.0. The molecule has 0 saturated carbocycles. The Morgan fingerprint density at radius 1 is 0.926 bits per heavy atom. The predicted octanol–water partition coefficient (Wildman–Crippen LogP) is 5.27. The van der Waals surface area contributed by atoms with Crippen LogP contribution in [0.1, 0.15) is 92.4 Å². The second-order valence-electron chi connectivity index (χ2n) is 8.82. The van der Waals surface area contributed by atoms with Crippen molar-refractivity contribution >= 4 is 5.97 Å². The van der Waals surface area contributed by atoms with E-state index < -0.39 is 18.7 Å². The summed E-state index contributed by atoms with van der Waals surface area (Å²) in [6.07, 6.45) is 11.7. The zero-order valence-corrected chi connectivity index (χ0v) is 18.4. The van der Waals surface area contributed by atoms with Crippen molar-refractivity contribution in [3.05, 3.63) is 11.6 Å². The summed E-state index contributed by atoms with van der Waals surface area (Å²) in [5, 5.41) is 17.9. The van der Waals surface area contributed by atoms with E-state index in [0.717, 1.165) is 36.2 Å². The van der Waals surface area contributed by atoms with Gasteiger partial charge in [-0.25, -0.2) is 4.79 Å². The van der Waals surface area contributed by atoms with Gasteiger partial charge in [-0.15, -0.1) is 0 Å². The molecule has 27 heavy (non-hydrogen) atoms. The van der Waals surface area contributed by atoms with Crippen LogP contribution in [0.25, 0.3) is 0 Å². The quantitative estimate of drug-likeness (QED) is 0.281. The van der Waals surface area contributed by atoms with Gasteiger partial charge in [-0.2, -0.15) is 0 Å². The Morgan fingerprint density at radius 2 is 1.44 bits per heavy atom. The molecule has 0 aromatic carbocycles. The Balaban J connectivity index is 3.78. The Morgan fingerprint density at radius 3 is 1.96 bits per heavy atom. The molecule has 3 unspecified atom stereocenters.